The predicted octanol–water partition coefficient (Wildman–Crippen LogP) is 5.05. The predicted molar refractivity (Wildman–Crippen MR) is 88.2 cm³/mol. The van der Waals surface area contributed by atoms with Gasteiger partial charge in [0.1, 0.15) is 0 Å². The lowest BCUT2D eigenvalue weighted by Crippen LogP contribution is -2.48. The lowest BCUT2D eigenvalue weighted by Gasteiger charge is -2.42. The third kappa shape index (κ3) is 4.75. The number of halogens is 1. The Kier molecular flexibility index (Phi) is 7.40. The van der Waals surface area contributed by atoms with Crippen molar-refractivity contribution in [3.05, 3.63) is 0 Å². The summed E-state index contributed by atoms with van der Waals surface area (Å²) >= 11 is 3.46. The molecule has 2 fully saturated rings. The van der Waals surface area contributed by atoms with Crippen molar-refractivity contribution in [2.75, 3.05) is 5.33 Å². The molecule has 2 nitrogen and oxygen atoms in total. The van der Waals surface area contributed by atoms with Gasteiger partial charge in [0.05, 0.1) is 0 Å². The number of hydrogen-bond donors (Lipinski definition) is 0. The standard InChI is InChI=1S/C17H30BrNO/c18-14-8-7-13-17(20)19(15-9-3-1-4-10-15)16-11-5-2-6-12-16/h15-16H,1-14H2. The van der Waals surface area contributed by atoms with Crippen LogP contribution in [0, 0.1) is 0 Å². The molecule has 20 heavy (non-hydrogen) atoms. The molecule has 2 rings (SSSR count). The number of carbonyl (C=O) groups excluding carboxylic acids is 1. The van der Waals surface area contributed by atoms with Gasteiger partial charge in [0.25, 0.3) is 0 Å². The fourth-order valence-electron chi connectivity index (χ4n) is 3.92. The SMILES string of the molecule is O=C(CCCCBr)N(C1CCCCC1)C1CCCCC1. The monoisotopic (exact) mass is 343 g/mol. The van der Waals surface area contributed by atoms with Crippen molar-refractivity contribution in [3.63, 3.8) is 0 Å². The van der Waals surface area contributed by atoms with Gasteiger partial charge >= 0.3 is 0 Å². The summed E-state index contributed by atoms with van der Waals surface area (Å²) in [5.41, 5.74) is 0. The Labute approximate surface area is 132 Å². The molecule has 0 aliphatic heterocycles. The van der Waals surface area contributed by atoms with E-state index in [1.165, 1.54) is 64.2 Å². The van der Waals surface area contributed by atoms with Crippen LogP contribution < -0.4 is 0 Å². The molecule has 0 aromatic rings. The molecule has 0 N–H and O–H groups in total. The van der Waals surface area contributed by atoms with Crippen LogP contribution in [0.3, 0.4) is 0 Å². The summed E-state index contributed by atoms with van der Waals surface area (Å²) < 4.78 is 0. The Morgan fingerprint density at radius 2 is 1.35 bits per heavy atom. The van der Waals surface area contributed by atoms with Crippen LogP contribution in [0.1, 0.15) is 83.5 Å². The Hall–Kier alpha value is -0.0500. The zero-order chi connectivity index (χ0) is 14.2. The minimum Gasteiger partial charge on any atom is -0.337 e. The van der Waals surface area contributed by atoms with Gasteiger partial charge in [-0.05, 0) is 38.5 Å². The van der Waals surface area contributed by atoms with Gasteiger partial charge in [-0.2, -0.15) is 0 Å². The molecule has 0 atom stereocenters. The number of unbranched alkanes of at least 4 members (excludes halogenated alkanes) is 1. The average molecular weight is 344 g/mol. The Balaban J connectivity index is 1.95. The van der Waals surface area contributed by atoms with Gasteiger partial charge in [0, 0.05) is 23.8 Å². The van der Waals surface area contributed by atoms with Crippen molar-refractivity contribution in [1.82, 2.24) is 4.90 Å². The first-order valence-electron chi connectivity index (χ1n) is 8.70. The second-order valence-corrected chi connectivity index (χ2v) is 7.32. The first-order valence-corrected chi connectivity index (χ1v) is 9.82. The van der Waals surface area contributed by atoms with Crippen molar-refractivity contribution in [1.29, 1.82) is 0 Å². The molecular weight excluding hydrogens is 314 g/mol. The van der Waals surface area contributed by atoms with Gasteiger partial charge in [0.15, 0.2) is 0 Å². The van der Waals surface area contributed by atoms with Gasteiger partial charge < -0.3 is 4.90 Å². The largest absolute Gasteiger partial charge is 0.337 e. The highest BCUT2D eigenvalue weighted by molar-refractivity contribution is 9.09. The highest BCUT2D eigenvalue weighted by atomic mass is 79.9. The molecule has 2 aliphatic carbocycles. The molecule has 2 aliphatic rings. The Bertz CT molecular complexity index is 265. The Morgan fingerprint density at radius 3 is 1.80 bits per heavy atom. The van der Waals surface area contributed by atoms with E-state index in [9.17, 15) is 4.79 Å². The molecule has 116 valence electrons. The molecule has 0 bridgehead atoms. The highest BCUT2D eigenvalue weighted by Crippen LogP contribution is 2.30. The second-order valence-electron chi connectivity index (χ2n) is 6.53. The van der Waals surface area contributed by atoms with E-state index in [1.54, 1.807) is 0 Å². The summed E-state index contributed by atoms with van der Waals surface area (Å²) in [6, 6.07) is 1.12. The van der Waals surface area contributed by atoms with Gasteiger partial charge in [-0.1, -0.05) is 54.5 Å². The van der Waals surface area contributed by atoms with Gasteiger partial charge in [-0.3, -0.25) is 4.79 Å². The first kappa shape index (κ1) is 16.3. The summed E-state index contributed by atoms with van der Waals surface area (Å²) in [7, 11) is 0. The van der Waals surface area contributed by atoms with Crippen LogP contribution in [-0.2, 0) is 4.79 Å². The number of hydrogen-bond acceptors (Lipinski definition) is 1. The van der Waals surface area contributed by atoms with Crippen LogP contribution >= 0.6 is 15.9 Å². The van der Waals surface area contributed by atoms with Crippen molar-refractivity contribution >= 4 is 21.8 Å². The maximum atomic E-state index is 12.7. The minimum atomic E-state index is 0.449. The molecule has 0 aromatic carbocycles. The smallest absolute Gasteiger partial charge is 0.223 e. The number of alkyl halides is 1. The molecule has 1 amide bonds. The second kappa shape index (κ2) is 9.07. The van der Waals surface area contributed by atoms with Crippen LogP contribution in [-0.4, -0.2) is 28.2 Å². The van der Waals surface area contributed by atoms with Crippen molar-refractivity contribution in [2.24, 2.45) is 0 Å². The molecule has 3 heteroatoms. The maximum absolute atomic E-state index is 12.7. The fourth-order valence-corrected chi connectivity index (χ4v) is 4.32. The summed E-state index contributed by atoms with van der Waals surface area (Å²) in [6.07, 6.45) is 16.0. The van der Waals surface area contributed by atoms with Crippen LogP contribution in [0.4, 0.5) is 0 Å². The van der Waals surface area contributed by atoms with Crippen LogP contribution in [0.15, 0.2) is 0 Å². The third-order valence-corrected chi connectivity index (χ3v) is 5.56. The van der Waals surface area contributed by atoms with Crippen LogP contribution in [0.5, 0.6) is 0 Å². The van der Waals surface area contributed by atoms with Crippen LogP contribution in [0.25, 0.3) is 0 Å². The van der Waals surface area contributed by atoms with Gasteiger partial charge in [-0.25, -0.2) is 0 Å². The highest BCUT2D eigenvalue weighted by Gasteiger charge is 2.31. The fraction of sp³-hybridized carbons (Fsp3) is 0.941. The number of carbonyl (C=O) groups is 1. The minimum absolute atomic E-state index is 0.449. The van der Waals surface area contributed by atoms with E-state index in [0.717, 1.165) is 24.6 Å². The number of nitrogens with zero attached hydrogens (tertiary/aromatic N) is 1. The van der Waals surface area contributed by atoms with Crippen LogP contribution in [0.2, 0.25) is 0 Å². The van der Waals surface area contributed by atoms with E-state index < -0.39 is 0 Å². The normalized spacial score (nSPS) is 21.9. The zero-order valence-corrected chi connectivity index (χ0v) is 14.4. The third-order valence-electron chi connectivity index (χ3n) is 5.00. The quantitative estimate of drug-likeness (QED) is 0.488. The molecule has 2 saturated carbocycles. The summed E-state index contributed by atoms with van der Waals surface area (Å²) in [5.74, 6) is 0.449. The summed E-state index contributed by atoms with van der Waals surface area (Å²) in [4.78, 5) is 15.1. The molecule has 0 unspecified atom stereocenters. The molecule has 0 heterocycles. The number of amides is 1. The molecule has 0 aromatic heterocycles. The van der Waals surface area contributed by atoms with E-state index in [-0.39, 0.29) is 0 Å². The van der Waals surface area contributed by atoms with E-state index in [4.69, 9.17) is 0 Å². The summed E-state index contributed by atoms with van der Waals surface area (Å²) in [5, 5.41) is 1.02. The maximum Gasteiger partial charge on any atom is 0.223 e. The van der Waals surface area contributed by atoms with Gasteiger partial charge in [0.2, 0.25) is 5.91 Å². The van der Waals surface area contributed by atoms with Crippen molar-refractivity contribution in [3.8, 4) is 0 Å². The lowest BCUT2D eigenvalue weighted by molar-refractivity contribution is -0.138. The van der Waals surface area contributed by atoms with Crippen molar-refractivity contribution in [2.45, 2.75) is 95.6 Å². The van der Waals surface area contributed by atoms with E-state index >= 15 is 0 Å². The lowest BCUT2D eigenvalue weighted by atomic mass is 9.88. The van der Waals surface area contributed by atoms with Gasteiger partial charge in [-0.15, -0.1) is 0 Å². The molecule has 0 spiro atoms. The molecular formula is C17H30BrNO. The number of rotatable bonds is 6. The first-order chi connectivity index (χ1) is 9.83. The average Bonchev–Trinajstić information content (AvgIpc) is 2.50. The van der Waals surface area contributed by atoms with E-state index in [0.29, 0.717) is 18.0 Å². The van der Waals surface area contributed by atoms with Crippen molar-refractivity contribution < 1.29 is 4.79 Å². The molecule has 0 saturated heterocycles. The molecule has 0 radical (unpaired) electrons. The topological polar surface area (TPSA) is 20.3 Å². The van der Waals surface area contributed by atoms with E-state index in [2.05, 4.69) is 20.8 Å². The summed E-state index contributed by atoms with van der Waals surface area (Å²) in [6.45, 7) is 0. The Morgan fingerprint density at radius 1 is 0.850 bits per heavy atom. The van der Waals surface area contributed by atoms with E-state index in [1.807, 2.05) is 0 Å². The zero-order valence-electron chi connectivity index (χ0n) is 12.8.